The summed E-state index contributed by atoms with van der Waals surface area (Å²) in [7, 11) is -1.75. The largest absolute Gasteiger partial charge is 0.475 e. The fourth-order valence-electron chi connectivity index (χ4n) is 2.23. The fraction of sp³-hybridized carbons (Fsp3) is 0.750. The van der Waals surface area contributed by atoms with Crippen molar-refractivity contribution in [2.24, 2.45) is 5.92 Å². The van der Waals surface area contributed by atoms with Crippen molar-refractivity contribution in [1.82, 2.24) is 21.3 Å². The maximum absolute atomic E-state index is 12.5. The van der Waals surface area contributed by atoms with Gasteiger partial charge in [-0.25, -0.2) is 0 Å². The summed E-state index contributed by atoms with van der Waals surface area (Å²) in [5.41, 5.74) is 0. The molecule has 0 aliphatic rings. The summed E-state index contributed by atoms with van der Waals surface area (Å²) in [5, 5.41) is 37.1. The first-order valence-electron chi connectivity index (χ1n) is 9.09. The van der Waals surface area contributed by atoms with Gasteiger partial charge in [-0.15, -0.1) is 0 Å². The third-order valence-electron chi connectivity index (χ3n) is 4.18. The van der Waals surface area contributed by atoms with Gasteiger partial charge < -0.3 is 36.4 Å². The molecule has 0 radical (unpaired) electrons. The van der Waals surface area contributed by atoms with Crippen molar-refractivity contribution in [3.63, 3.8) is 0 Å². The zero-order chi connectivity index (χ0) is 22.0. The van der Waals surface area contributed by atoms with Gasteiger partial charge in [0.25, 0.3) is 0 Å². The van der Waals surface area contributed by atoms with Gasteiger partial charge in [-0.2, -0.15) is 0 Å². The highest BCUT2D eigenvalue weighted by molar-refractivity contribution is 6.43. The standard InChI is InChI=1S/C16H31BN4O7/c1-6-8(2)13(20-11(5)23)16(26)21-14(9(3)22)15(25)18-7-12(24)19-10(4)17(27)28/h8-10,13-14,22,27-28H,6-7H2,1-5H3,(H,18,25)(H,19,24)(H,20,23)(H,21,26)/t8?,9?,10-,13-,14-/m0/s1. The third-order valence-corrected chi connectivity index (χ3v) is 4.18. The average molecular weight is 402 g/mol. The maximum atomic E-state index is 12.5. The molecule has 7 N–H and O–H groups in total. The zero-order valence-corrected chi connectivity index (χ0v) is 16.9. The Morgan fingerprint density at radius 1 is 0.929 bits per heavy atom. The number of aliphatic hydroxyl groups is 1. The van der Waals surface area contributed by atoms with Crippen LogP contribution in [0.5, 0.6) is 0 Å². The number of carbonyl (C=O) groups is 4. The maximum Gasteiger partial charge on any atom is 0.475 e. The van der Waals surface area contributed by atoms with Crippen LogP contribution in [0.2, 0.25) is 0 Å². The van der Waals surface area contributed by atoms with Crippen molar-refractivity contribution < 1.29 is 34.3 Å². The topological polar surface area (TPSA) is 177 Å². The van der Waals surface area contributed by atoms with Gasteiger partial charge >= 0.3 is 7.12 Å². The van der Waals surface area contributed by atoms with Crippen molar-refractivity contribution >= 4 is 30.7 Å². The van der Waals surface area contributed by atoms with Gasteiger partial charge in [-0.1, -0.05) is 20.3 Å². The summed E-state index contributed by atoms with van der Waals surface area (Å²) in [6.07, 6.45) is -0.668. The van der Waals surface area contributed by atoms with Crippen molar-refractivity contribution in [1.29, 1.82) is 0 Å². The van der Waals surface area contributed by atoms with Crippen molar-refractivity contribution in [3.8, 4) is 0 Å². The van der Waals surface area contributed by atoms with Crippen LogP contribution >= 0.6 is 0 Å². The molecule has 2 unspecified atom stereocenters. The normalized spacial score (nSPS) is 16.0. The predicted octanol–water partition coefficient (Wildman–Crippen LogP) is -2.96. The van der Waals surface area contributed by atoms with E-state index in [0.29, 0.717) is 6.42 Å². The lowest BCUT2D eigenvalue weighted by atomic mass is 9.81. The highest BCUT2D eigenvalue weighted by Gasteiger charge is 2.31. The van der Waals surface area contributed by atoms with E-state index >= 15 is 0 Å². The summed E-state index contributed by atoms with van der Waals surface area (Å²) in [6.45, 7) is 7.04. The van der Waals surface area contributed by atoms with Crippen molar-refractivity contribution in [2.45, 2.75) is 65.2 Å². The van der Waals surface area contributed by atoms with E-state index in [1.807, 2.05) is 6.92 Å². The van der Waals surface area contributed by atoms with Crippen LogP contribution in [0.1, 0.15) is 41.0 Å². The van der Waals surface area contributed by atoms with Gasteiger partial charge in [0.2, 0.25) is 23.6 Å². The Hall–Kier alpha value is -2.18. The van der Waals surface area contributed by atoms with Gasteiger partial charge in [0.15, 0.2) is 0 Å². The molecule has 0 aliphatic carbocycles. The molecule has 4 amide bonds. The molecule has 0 aromatic rings. The lowest BCUT2D eigenvalue weighted by Gasteiger charge is -2.27. The Kier molecular flexibility index (Phi) is 11.4. The van der Waals surface area contributed by atoms with E-state index in [1.54, 1.807) is 6.92 Å². The van der Waals surface area contributed by atoms with E-state index in [0.717, 1.165) is 0 Å². The van der Waals surface area contributed by atoms with E-state index < -0.39 is 61.4 Å². The molecule has 0 aliphatic heterocycles. The van der Waals surface area contributed by atoms with Crippen LogP contribution in [0.4, 0.5) is 0 Å². The number of carbonyl (C=O) groups excluding carboxylic acids is 4. The Morgan fingerprint density at radius 2 is 1.50 bits per heavy atom. The van der Waals surface area contributed by atoms with E-state index in [4.69, 9.17) is 10.0 Å². The number of hydrogen-bond acceptors (Lipinski definition) is 7. The molecule has 160 valence electrons. The summed E-state index contributed by atoms with van der Waals surface area (Å²) in [5.74, 6) is -3.67. The number of nitrogens with one attached hydrogen (secondary N) is 4. The quantitative estimate of drug-likeness (QED) is 0.181. The zero-order valence-electron chi connectivity index (χ0n) is 16.9. The fourth-order valence-corrected chi connectivity index (χ4v) is 2.23. The summed E-state index contributed by atoms with van der Waals surface area (Å²) >= 11 is 0. The Bertz CT molecular complexity index is 559. The number of amides is 4. The Morgan fingerprint density at radius 3 is 1.93 bits per heavy atom. The second-order valence-corrected chi connectivity index (χ2v) is 6.78. The average Bonchev–Trinajstić information content (AvgIpc) is 2.60. The molecule has 0 heterocycles. The molecular weight excluding hydrogens is 371 g/mol. The van der Waals surface area contributed by atoms with Crippen LogP contribution in [0.25, 0.3) is 0 Å². The predicted molar refractivity (Wildman–Crippen MR) is 101 cm³/mol. The van der Waals surface area contributed by atoms with Crippen LogP contribution in [0, 0.1) is 5.92 Å². The second kappa shape index (κ2) is 12.3. The number of aliphatic hydroxyl groups excluding tert-OH is 1. The molecule has 12 heteroatoms. The first-order valence-corrected chi connectivity index (χ1v) is 9.09. The second-order valence-electron chi connectivity index (χ2n) is 6.78. The summed E-state index contributed by atoms with van der Waals surface area (Å²) in [6, 6.07) is -2.23. The highest BCUT2D eigenvalue weighted by atomic mass is 16.4. The van der Waals surface area contributed by atoms with Crippen LogP contribution in [0.15, 0.2) is 0 Å². The molecule has 0 aromatic heterocycles. The molecule has 0 saturated carbocycles. The van der Waals surface area contributed by atoms with E-state index in [9.17, 15) is 24.3 Å². The molecule has 28 heavy (non-hydrogen) atoms. The first-order chi connectivity index (χ1) is 12.9. The molecule has 0 fully saturated rings. The minimum Gasteiger partial charge on any atom is -0.426 e. The smallest absolute Gasteiger partial charge is 0.426 e. The summed E-state index contributed by atoms with van der Waals surface area (Å²) < 4.78 is 0. The van der Waals surface area contributed by atoms with Gasteiger partial charge in [0.1, 0.15) is 12.1 Å². The lowest BCUT2D eigenvalue weighted by Crippen LogP contribution is -2.59. The van der Waals surface area contributed by atoms with E-state index in [1.165, 1.54) is 20.8 Å². The number of hydrogen-bond donors (Lipinski definition) is 7. The minimum atomic E-state index is -1.75. The number of rotatable bonds is 11. The molecule has 0 rings (SSSR count). The molecule has 5 atom stereocenters. The van der Waals surface area contributed by atoms with Crippen LogP contribution in [-0.2, 0) is 19.2 Å². The highest BCUT2D eigenvalue weighted by Crippen LogP contribution is 2.09. The molecule has 0 saturated heterocycles. The minimum absolute atomic E-state index is 0.209. The van der Waals surface area contributed by atoms with Crippen LogP contribution in [0.3, 0.4) is 0 Å². The summed E-state index contributed by atoms with van der Waals surface area (Å²) in [4.78, 5) is 47.8. The molecule has 11 nitrogen and oxygen atoms in total. The van der Waals surface area contributed by atoms with E-state index in [2.05, 4.69) is 21.3 Å². The van der Waals surface area contributed by atoms with Gasteiger partial charge in [-0.05, 0) is 19.8 Å². The van der Waals surface area contributed by atoms with Crippen LogP contribution in [-0.4, -0.2) is 76.6 Å². The lowest BCUT2D eigenvalue weighted by molar-refractivity contribution is -0.135. The van der Waals surface area contributed by atoms with Gasteiger partial charge in [0.05, 0.1) is 18.6 Å². The Balaban J connectivity index is 4.95. The SMILES string of the molecule is CCC(C)[C@H](NC(C)=O)C(=O)N[C@H](C(=O)NCC(=O)N[C@@H](C)B(O)O)C(C)O. The molecule has 0 spiro atoms. The molecule has 0 aromatic carbocycles. The van der Waals surface area contributed by atoms with Gasteiger partial charge in [0, 0.05) is 6.92 Å². The van der Waals surface area contributed by atoms with Crippen LogP contribution < -0.4 is 21.3 Å². The van der Waals surface area contributed by atoms with Crippen molar-refractivity contribution in [3.05, 3.63) is 0 Å². The third kappa shape index (κ3) is 9.15. The van der Waals surface area contributed by atoms with Crippen molar-refractivity contribution in [2.75, 3.05) is 6.54 Å². The first kappa shape index (κ1) is 25.8. The molecule has 0 bridgehead atoms. The monoisotopic (exact) mass is 402 g/mol. The molecular formula is C16H31BN4O7. The Labute approximate surface area is 164 Å². The van der Waals surface area contributed by atoms with Gasteiger partial charge in [-0.3, -0.25) is 19.2 Å². The van der Waals surface area contributed by atoms with E-state index in [-0.39, 0.29) is 5.92 Å².